The zero-order valence-electron chi connectivity index (χ0n) is 13.4. The first-order valence-corrected chi connectivity index (χ1v) is 7.67. The standard InChI is InChI=1S/C9HF17O5S/c10-2(11,1(27)31-32(28,29)30)3(12,13)4(14,15)5(16,17)6(18,19)7(20,21)8(22,23)9(24,25)26/h(H,28,29,30). The Kier molecular flexibility index (Phi) is 6.93. The maximum Gasteiger partial charge on any atom is 0.460 e. The number of hydrogen-bond acceptors (Lipinski definition) is 4. The fourth-order valence-electron chi connectivity index (χ4n) is 1.44. The minimum atomic E-state index is -8.94. The van der Waals surface area contributed by atoms with Gasteiger partial charge >= 0.3 is 64.0 Å². The van der Waals surface area contributed by atoms with Gasteiger partial charge in [-0.15, -0.1) is 0 Å². The molecular formula is C9HF17O5S. The van der Waals surface area contributed by atoms with E-state index >= 15 is 0 Å². The molecule has 0 aliphatic heterocycles. The maximum atomic E-state index is 13.2. The summed E-state index contributed by atoms with van der Waals surface area (Å²) in [6.07, 6.45) is -7.92. The molecule has 0 aromatic rings. The fraction of sp³-hybridized carbons (Fsp3) is 0.889. The normalized spacial score (nSPS) is 16.2. The first kappa shape index (κ1) is 30.2. The van der Waals surface area contributed by atoms with Crippen LogP contribution in [0, 0.1) is 0 Å². The molecule has 32 heavy (non-hydrogen) atoms. The molecule has 0 bridgehead atoms. The zero-order chi connectivity index (χ0) is 26.8. The molecule has 0 amide bonds. The molecule has 0 saturated heterocycles. The SMILES string of the molecule is O=C(OS(=O)(=O)O)C(F)(F)C(F)(F)C(F)(F)C(F)(F)C(F)(F)C(F)(F)C(F)(F)C(F)(F)F. The highest BCUT2D eigenvalue weighted by atomic mass is 32.3. The van der Waals surface area contributed by atoms with Crippen LogP contribution >= 0.6 is 0 Å². The predicted octanol–water partition coefficient (Wildman–Crippen LogP) is 4.34. The van der Waals surface area contributed by atoms with E-state index in [0.717, 1.165) is 0 Å². The second-order valence-electron chi connectivity index (χ2n) is 5.32. The molecule has 192 valence electrons. The van der Waals surface area contributed by atoms with Crippen molar-refractivity contribution in [3.63, 3.8) is 0 Å². The quantitative estimate of drug-likeness (QED) is 0.364. The van der Waals surface area contributed by atoms with Gasteiger partial charge in [0.1, 0.15) is 0 Å². The maximum absolute atomic E-state index is 13.2. The van der Waals surface area contributed by atoms with Crippen molar-refractivity contribution in [2.45, 2.75) is 47.6 Å². The molecule has 0 atom stereocenters. The van der Waals surface area contributed by atoms with E-state index in [1.54, 1.807) is 0 Å². The molecule has 1 N–H and O–H groups in total. The topological polar surface area (TPSA) is 80.7 Å². The smallest absolute Gasteiger partial charge is 0.319 e. The Labute approximate surface area is 162 Å². The van der Waals surface area contributed by atoms with Gasteiger partial charge in [0.25, 0.3) is 0 Å². The molecule has 0 aliphatic rings. The Balaban J connectivity index is 6.81. The Bertz CT molecular complexity index is 841. The summed E-state index contributed by atoms with van der Waals surface area (Å²) in [6.45, 7) is 0. The lowest BCUT2D eigenvalue weighted by atomic mass is 9.89. The summed E-state index contributed by atoms with van der Waals surface area (Å²) in [5, 5.41) is 0. The minimum absolute atomic E-state index is 2.02. The number of carbonyl (C=O) groups is 1. The fourth-order valence-corrected chi connectivity index (χ4v) is 1.74. The van der Waals surface area contributed by atoms with Crippen molar-refractivity contribution in [3.8, 4) is 0 Å². The average molecular weight is 544 g/mol. The van der Waals surface area contributed by atoms with Gasteiger partial charge in [0.05, 0.1) is 0 Å². The molecule has 0 aromatic heterocycles. The van der Waals surface area contributed by atoms with E-state index in [1.807, 2.05) is 4.18 Å². The molecule has 0 fully saturated rings. The first-order valence-electron chi connectivity index (χ1n) is 6.30. The predicted molar refractivity (Wildman–Crippen MR) is 58.3 cm³/mol. The Morgan fingerprint density at radius 3 is 1.03 bits per heavy atom. The average Bonchev–Trinajstić information content (AvgIpc) is 2.50. The molecule has 0 unspecified atom stereocenters. The lowest BCUT2D eigenvalue weighted by Gasteiger charge is -2.42. The molecule has 0 aromatic carbocycles. The number of hydrogen-bond donors (Lipinski definition) is 1. The summed E-state index contributed by atoms with van der Waals surface area (Å²) >= 11 is 0. The number of halogens is 17. The second-order valence-corrected chi connectivity index (χ2v) is 6.34. The van der Waals surface area contributed by atoms with Crippen LogP contribution in [-0.4, -0.2) is 66.6 Å². The van der Waals surface area contributed by atoms with Gasteiger partial charge in [-0.2, -0.15) is 83.1 Å². The van der Waals surface area contributed by atoms with Gasteiger partial charge in [-0.25, -0.2) is 4.79 Å². The summed E-state index contributed by atoms with van der Waals surface area (Å²) in [5.74, 6) is -64.5. The molecule has 0 spiro atoms. The lowest BCUT2D eigenvalue weighted by molar-refractivity contribution is -0.459. The van der Waals surface area contributed by atoms with Crippen molar-refractivity contribution in [1.82, 2.24) is 0 Å². The summed E-state index contributed by atoms with van der Waals surface area (Å²) < 4.78 is 248. The van der Waals surface area contributed by atoms with Gasteiger partial charge in [-0.05, 0) is 0 Å². The van der Waals surface area contributed by atoms with Crippen molar-refractivity contribution in [2.24, 2.45) is 0 Å². The van der Waals surface area contributed by atoms with Gasteiger partial charge < -0.3 is 4.18 Å². The van der Waals surface area contributed by atoms with Crippen LogP contribution in [0.1, 0.15) is 0 Å². The van der Waals surface area contributed by atoms with E-state index in [0.29, 0.717) is 0 Å². The molecular weight excluding hydrogens is 543 g/mol. The Morgan fingerprint density at radius 2 is 0.781 bits per heavy atom. The van der Waals surface area contributed by atoms with Crippen LogP contribution < -0.4 is 0 Å². The van der Waals surface area contributed by atoms with Gasteiger partial charge in [0.15, 0.2) is 0 Å². The summed E-state index contributed by atoms with van der Waals surface area (Å²) in [5.41, 5.74) is 0. The van der Waals surface area contributed by atoms with E-state index in [-0.39, 0.29) is 0 Å². The summed E-state index contributed by atoms with van der Waals surface area (Å²) in [4.78, 5) is 10.5. The number of carbonyl (C=O) groups excluding carboxylic acids is 1. The van der Waals surface area contributed by atoms with Crippen LogP contribution in [0.25, 0.3) is 0 Å². The van der Waals surface area contributed by atoms with Crippen LogP contribution in [-0.2, 0) is 19.4 Å². The van der Waals surface area contributed by atoms with Gasteiger partial charge in [-0.1, -0.05) is 0 Å². The molecule has 0 saturated carbocycles. The lowest BCUT2D eigenvalue weighted by Crippen LogP contribution is -2.75. The monoisotopic (exact) mass is 544 g/mol. The molecule has 23 heteroatoms. The third-order valence-electron chi connectivity index (χ3n) is 3.16. The number of rotatable bonds is 8. The van der Waals surface area contributed by atoms with E-state index < -0.39 is 64.0 Å². The van der Waals surface area contributed by atoms with Crippen LogP contribution in [0.4, 0.5) is 74.6 Å². The molecule has 0 aliphatic carbocycles. The van der Waals surface area contributed by atoms with E-state index in [2.05, 4.69) is 0 Å². The third kappa shape index (κ3) is 4.00. The molecule has 5 nitrogen and oxygen atoms in total. The molecule has 0 heterocycles. The van der Waals surface area contributed by atoms with Gasteiger partial charge in [0.2, 0.25) is 0 Å². The minimum Gasteiger partial charge on any atom is -0.319 e. The van der Waals surface area contributed by atoms with E-state index in [9.17, 15) is 87.8 Å². The van der Waals surface area contributed by atoms with Crippen molar-refractivity contribution >= 4 is 16.4 Å². The molecule has 0 rings (SSSR count). The van der Waals surface area contributed by atoms with Crippen LogP contribution in [0.3, 0.4) is 0 Å². The largest absolute Gasteiger partial charge is 0.460 e. The third-order valence-corrected chi connectivity index (χ3v) is 3.52. The van der Waals surface area contributed by atoms with E-state index in [4.69, 9.17) is 4.55 Å². The van der Waals surface area contributed by atoms with Crippen LogP contribution in [0.2, 0.25) is 0 Å². The van der Waals surface area contributed by atoms with Crippen molar-refractivity contribution < 1.29 is 96.6 Å². The zero-order valence-corrected chi connectivity index (χ0v) is 14.2. The number of alkyl halides is 17. The highest BCUT2D eigenvalue weighted by Gasteiger charge is 2.96. The second kappa shape index (κ2) is 7.35. The highest BCUT2D eigenvalue weighted by Crippen LogP contribution is 2.64. The van der Waals surface area contributed by atoms with Gasteiger partial charge in [0, 0.05) is 0 Å². The molecule has 0 radical (unpaired) electrons. The van der Waals surface area contributed by atoms with Gasteiger partial charge in [-0.3, -0.25) is 4.55 Å². The van der Waals surface area contributed by atoms with Crippen molar-refractivity contribution in [1.29, 1.82) is 0 Å². The van der Waals surface area contributed by atoms with Crippen molar-refractivity contribution in [3.05, 3.63) is 0 Å². The highest BCUT2D eigenvalue weighted by molar-refractivity contribution is 7.81. The summed E-state index contributed by atoms with van der Waals surface area (Å²) in [6, 6.07) is 0. The first-order chi connectivity index (χ1) is 13.4. The Hall–Kier alpha value is -1.81. The van der Waals surface area contributed by atoms with Crippen LogP contribution in [0.15, 0.2) is 0 Å². The van der Waals surface area contributed by atoms with Crippen molar-refractivity contribution in [2.75, 3.05) is 0 Å². The van der Waals surface area contributed by atoms with Crippen LogP contribution in [0.5, 0.6) is 0 Å². The Morgan fingerprint density at radius 1 is 0.531 bits per heavy atom. The van der Waals surface area contributed by atoms with E-state index in [1.165, 1.54) is 0 Å². The summed E-state index contributed by atoms with van der Waals surface area (Å²) in [7, 11) is -6.62.